The molecule has 0 aliphatic carbocycles. The van der Waals surface area contributed by atoms with E-state index < -0.39 is 20.8 Å². The van der Waals surface area contributed by atoms with Crippen LogP contribution in [0.2, 0.25) is 0 Å². The molecule has 2 N–H and O–H groups in total. The molecule has 26 heavy (non-hydrogen) atoms. The van der Waals surface area contributed by atoms with Crippen molar-refractivity contribution in [2.24, 2.45) is 0 Å². The third-order valence-corrected chi connectivity index (χ3v) is 5.03. The number of aryl methyl sites for hydroxylation is 1. The molecule has 0 bridgehead atoms. The minimum atomic E-state index is -4.54. The highest BCUT2D eigenvalue weighted by atomic mass is 32.2. The Morgan fingerprint density at radius 2 is 1.62 bits per heavy atom. The molecule has 0 fully saturated rings. The van der Waals surface area contributed by atoms with Gasteiger partial charge in [-0.15, -0.1) is 0 Å². The van der Waals surface area contributed by atoms with Gasteiger partial charge in [-0.05, 0) is 42.7 Å². The predicted octanol–water partition coefficient (Wildman–Crippen LogP) is 5.33. The summed E-state index contributed by atoms with van der Waals surface area (Å²) in [5.41, 5.74) is 0.705. The van der Waals surface area contributed by atoms with Crippen molar-refractivity contribution in [2.45, 2.75) is 56.8 Å². The second kappa shape index (κ2) is 9.59. The minimum Gasteiger partial charge on any atom is -0.503 e. The van der Waals surface area contributed by atoms with Crippen LogP contribution in [0.25, 0.3) is 0 Å². The lowest BCUT2D eigenvalue weighted by molar-refractivity contribution is 0.395. The molecule has 0 unspecified atom stereocenters. The first kappa shape index (κ1) is 20.3. The average Bonchev–Trinajstić information content (AvgIpc) is 2.60. The van der Waals surface area contributed by atoms with E-state index in [2.05, 4.69) is 6.92 Å². The van der Waals surface area contributed by atoms with E-state index in [-0.39, 0.29) is 5.75 Å². The van der Waals surface area contributed by atoms with Crippen LogP contribution >= 0.6 is 0 Å². The fourth-order valence-electron chi connectivity index (χ4n) is 2.78. The number of aromatic hydroxyl groups is 1. The van der Waals surface area contributed by atoms with Crippen molar-refractivity contribution in [3.8, 4) is 17.2 Å². The van der Waals surface area contributed by atoms with E-state index in [0.29, 0.717) is 17.7 Å². The maximum absolute atomic E-state index is 11.6. The van der Waals surface area contributed by atoms with Crippen molar-refractivity contribution in [1.29, 1.82) is 0 Å². The molecule has 0 spiro atoms. The number of ether oxygens (including phenoxy) is 1. The molecule has 0 saturated carbocycles. The van der Waals surface area contributed by atoms with Crippen molar-refractivity contribution in [3.63, 3.8) is 0 Å². The van der Waals surface area contributed by atoms with Crippen molar-refractivity contribution in [1.82, 2.24) is 0 Å². The van der Waals surface area contributed by atoms with Crippen LogP contribution in [0.1, 0.15) is 51.0 Å². The predicted molar refractivity (Wildman–Crippen MR) is 102 cm³/mol. The van der Waals surface area contributed by atoms with E-state index in [1.807, 2.05) is 6.07 Å². The molecule has 0 atom stereocenters. The standard InChI is InChI=1S/C20H26O5S/c1-2-3-4-5-6-8-11-16-14-18(25-17-12-9-7-10-13-17)20(21)19(15-16)26(22,23)24/h7,9-10,12-15,21H,2-6,8,11H2,1H3,(H,22,23,24). The van der Waals surface area contributed by atoms with Crippen molar-refractivity contribution in [2.75, 3.05) is 0 Å². The van der Waals surface area contributed by atoms with Crippen molar-refractivity contribution < 1.29 is 22.8 Å². The van der Waals surface area contributed by atoms with E-state index in [9.17, 15) is 18.1 Å². The number of benzene rings is 2. The number of unbranched alkanes of at least 4 members (excludes halogenated alkanes) is 5. The van der Waals surface area contributed by atoms with Gasteiger partial charge in [0.1, 0.15) is 10.6 Å². The van der Waals surface area contributed by atoms with Crippen molar-refractivity contribution in [3.05, 3.63) is 48.0 Å². The quantitative estimate of drug-likeness (QED) is 0.431. The monoisotopic (exact) mass is 378 g/mol. The van der Waals surface area contributed by atoms with Gasteiger partial charge in [0.05, 0.1) is 0 Å². The van der Waals surface area contributed by atoms with Gasteiger partial charge in [-0.3, -0.25) is 4.55 Å². The zero-order valence-corrected chi connectivity index (χ0v) is 15.8. The summed E-state index contributed by atoms with van der Waals surface area (Å²) in [4.78, 5) is -0.521. The molecule has 0 aliphatic heterocycles. The summed E-state index contributed by atoms with van der Waals surface area (Å²) in [6, 6.07) is 11.7. The highest BCUT2D eigenvalue weighted by Crippen LogP contribution is 2.37. The van der Waals surface area contributed by atoms with E-state index in [4.69, 9.17) is 4.74 Å². The maximum atomic E-state index is 11.6. The molecule has 2 rings (SSSR count). The fourth-order valence-corrected chi connectivity index (χ4v) is 3.43. The van der Waals surface area contributed by atoms with Gasteiger partial charge in [0.15, 0.2) is 11.5 Å². The van der Waals surface area contributed by atoms with Gasteiger partial charge in [-0.1, -0.05) is 57.2 Å². The lowest BCUT2D eigenvalue weighted by atomic mass is 10.0. The van der Waals surface area contributed by atoms with E-state index in [1.165, 1.54) is 25.3 Å². The van der Waals surface area contributed by atoms with Gasteiger partial charge in [0.2, 0.25) is 0 Å². The van der Waals surface area contributed by atoms with Crippen LogP contribution in [0.4, 0.5) is 0 Å². The summed E-state index contributed by atoms with van der Waals surface area (Å²) in [5.74, 6) is -0.0869. The number of phenolic OH excluding ortho intramolecular Hbond substituents is 1. The van der Waals surface area contributed by atoms with Gasteiger partial charge < -0.3 is 9.84 Å². The molecule has 6 heteroatoms. The average molecular weight is 378 g/mol. The number of rotatable bonds is 10. The smallest absolute Gasteiger partial charge is 0.298 e. The molecule has 0 amide bonds. The zero-order chi connectivity index (χ0) is 19.0. The summed E-state index contributed by atoms with van der Waals surface area (Å²) in [7, 11) is -4.54. The SMILES string of the molecule is CCCCCCCCc1cc(Oc2ccccc2)c(O)c(S(=O)(=O)O)c1. The summed E-state index contributed by atoms with van der Waals surface area (Å²) in [5, 5.41) is 10.2. The van der Waals surface area contributed by atoms with Crippen LogP contribution in [0, 0.1) is 0 Å². The van der Waals surface area contributed by atoms with Crippen molar-refractivity contribution >= 4 is 10.1 Å². The fraction of sp³-hybridized carbons (Fsp3) is 0.400. The lowest BCUT2D eigenvalue weighted by Crippen LogP contribution is -2.02. The Hall–Kier alpha value is -2.05. The molecule has 0 radical (unpaired) electrons. The maximum Gasteiger partial charge on any atom is 0.298 e. The molecule has 2 aromatic carbocycles. The Labute approximate surface area is 155 Å². The van der Waals surface area contributed by atoms with Crippen LogP contribution in [0.15, 0.2) is 47.4 Å². The Bertz CT molecular complexity index is 800. The molecule has 0 saturated heterocycles. The molecule has 0 heterocycles. The number of hydrogen-bond acceptors (Lipinski definition) is 4. The van der Waals surface area contributed by atoms with Gasteiger partial charge in [-0.2, -0.15) is 8.42 Å². The van der Waals surface area contributed by atoms with Crippen LogP contribution in [0.3, 0.4) is 0 Å². The highest BCUT2D eigenvalue weighted by molar-refractivity contribution is 7.86. The summed E-state index contributed by atoms with van der Waals surface area (Å²) in [6.07, 6.45) is 7.37. The summed E-state index contributed by atoms with van der Waals surface area (Å²) in [6.45, 7) is 2.17. The van der Waals surface area contributed by atoms with Crippen LogP contribution < -0.4 is 4.74 Å². The molecule has 5 nitrogen and oxygen atoms in total. The molecule has 2 aromatic rings. The second-order valence-corrected chi connectivity index (χ2v) is 7.74. The number of hydrogen-bond donors (Lipinski definition) is 2. The Balaban J connectivity index is 2.18. The van der Waals surface area contributed by atoms with Gasteiger partial charge in [-0.25, -0.2) is 0 Å². The van der Waals surface area contributed by atoms with Gasteiger partial charge >= 0.3 is 0 Å². The molecular weight excluding hydrogens is 352 g/mol. The van der Waals surface area contributed by atoms with Crippen LogP contribution in [-0.4, -0.2) is 18.1 Å². The summed E-state index contributed by atoms with van der Waals surface area (Å²) >= 11 is 0. The number of phenols is 1. The Morgan fingerprint density at radius 1 is 0.962 bits per heavy atom. The third kappa shape index (κ3) is 6.04. The van der Waals surface area contributed by atoms with E-state index in [1.54, 1.807) is 30.3 Å². The first-order valence-corrected chi connectivity index (χ1v) is 10.4. The minimum absolute atomic E-state index is 0.0207. The van der Waals surface area contributed by atoms with Crippen LogP contribution in [0.5, 0.6) is 17.2 Å². The Morgan fingerprint density at radius 3 is 2.27 bits per heavy atom. The summed E-state index contributed by atoms with van der Waals surface area (Å²) < 4.78 is 38.2. The van der Waals surface area contributed by atoms with Gasteiger partial charge in [0.25, 0.3) is 10.1 Å². The lowest BCUT2D eigenvalue weighted by Gasteiger charge is -2.13. The zero-order valence-electron chi connectivity index (χ0n) is 15.0. The van der Waals surface area contributed by atoms with E-state index >= 15 is 0 Å². The molecule has 0 aromatic heterocycles. The highest BCUT2D eigenvalue weighted by Gasteiger charge is 2.21. The third-order valence-electron chi connectivity index (χ3n) is 4.17. The van der Waals surface area contributed by atoms with Gasteiger partial charge in [0, 0.05) is 0 Å². The normalized spacial score (nSPS) is 11.5. The van der Waals surface area contributed by atoms with Crippen LogP contribution in [-0.2, 0) is 16.5 Å². The first-order valence-electron chi connectivity index (χ1n) is 8.98. The number of para-hydroxylation sites is 1. The second-order valence-electron chi connectivity index (χ2n) is 6.35. The molecule has 142 valence electrons. The molecular formula is C20H26O5S. The van der Waals surface area contributed by atoms with E-state index in [0.717, 1.165) is 19.3 Å². The largest absolute Gasteiger partial charge is 0.503 e. The molecule has 0 aliphatic rings. The topological polar surface area (TPSA) is 83.8 Å². The Kier molecular flexibility index (Phi) is 7.48. The first-order chi connectivity index (χ1) is 12.4.